The number of aromatic hydroxyl groups is 1. The van der Waals surface area contributed by atoms with Crippen molar-refractivity contribution in [2.45, 2.75) is 53.0 Å². The molecule has 2 atom stereocenters. The molecular formula is C22H31NO5. The first-order valence-electron chi connectivity index (χ1n) is 9.40. The van der Waals surface area contributed by atoms with Gasteiger partial charge >= 0.3 is 0 Å². The van der Waals surface area contributed by atoms with Crippen LogP contribution in [-0.4, -0.2) is 31.8 Å². The van der Waals surface area contributed by atoms with Crippen LogP contribution < -0.4 is 24.3 Å². The monoisotopic (exact) mass is 389 g/mol. The van der Waals surface area contributed by atoms with Gasteiger partial charge in [-0.15, -0.1) is 0 Å². The lowest BCUT2D eigenvalue weighted by Gasteiger charge is -2.25. The van der Waals surface area contributed by atoms with Crippen LogP contribution in [0.15, 0.2) is 30.3 Å². The quantitative estimate of drug-likeness (QED) is 0.612. The van der Waals surface area contributed by atoms with Crippen molar-refractivity contribution in [3.63, 3.8) is 0 Å². The summed E-state index contributed by atoms with van der Waals surface area (Å²) in [5, 5.41) is 13.3. The number of para-hydroxylation sites is 1. The minimum atomic E-state index is -0.360. The SMILES string of the molecule is COc1cccc(OC)c1OC(C)NC(C)Oc1cc(C)c(O)cc1C(C)C. The van der Waals surface area contributed by atoms with E-state index < -0.39 is 0 Å². The fraction of sp³-hybridized carbons (Fsp3) is 0.455. The second-order valence-electron chi connectivity index (χ2n) is 7.01. The Morgan fingerprint density at radius 2 is 1.43 bits per heavy atom. The van der Waals surface area contributed by atoms with E-state index in [-0.39, 0.29) is 24.1 Å². The Hall–Kier alpha value is -2.60. The Balaban J connectivity index is 2.10. The van der Waals surface area contributed by atoms with Gasteiger partial charge in [0.2, 0.25) is 5.75 Å². The van der Waals surface area contributed by atoms with Crippen LogP contribution >= 0.6 is 0 Å². The summed E-state index contributed by atoms with van der Waals surface area (Å²) >= 11 is 0. The van der Waals surface area contributed by atoms with E-state index in [0.717, 1.165) is 16.9 Å². The van der Waals surface area contributed by atoms with E-state index in [1.165, 1.54) is 0 Å². The van der Waals surface area contributed by atoms with Crippen molar-refractivity contribution in [3.8, 4) is 28.7 Å². The molecule has 6 nitrogen and oxygen atoms in total. The van der Waals surface area contributed by atoms with Gasteiger partial charge in [0.25, 0.3) is 0 Å². The van der Waals surface area contributed by atoms with E-state index in [9.17, 15) is 5.11 Å². The average Bonchev–Trinajstić information content (AvgIpc) is 2.64. The molecular weight excluding hydrogens is 358 g/mol. The maximum atomic E-state index is 10.0. The van der Waals surface area contributed by atoms with Gasteiger partial charge in [-0.3, -0.25) is 0 Å². The molecule has 154 valence electrons. The van der Waals surface area contributed by atoms with E-state index in [2.05, 4.69) is 19.2 Å². The lowest BCUT2D eigenvalue weighted by atomic mass is 10.00. The molecule has 0 aliphatic rings. The number of nitrogens with one attached hydrogen (secondary N) is 1. The van der Waals surface area contributed by atoms with Gasteiger partial charge in [0.1, 0.15) is 17.7 Å². The predicted molar refractivity (Wildman–Crippen MR) is 110 cm³/mol. The minimum Gasteiger partial charge on any atom is -0.508 e. The number of phenols is 1. The van der Waals surface area contributed by atoms with E-state index in [1.807, 2.05) is 45.0 Å². The van der Waals surface area contributed by atoms with E-state index in [4.69, 9.17) is 18.9 Å². The van der Waals surface area contributed by atoms with Crippen molar-refractivity contribution >= 4 is 0 Å². The van der Waals surface area contributed by atoms with Crippen LogP contribution in [0.2, 0.25) is 0 Å². The number of ether oxygens (including phenoxy) is 4. The van der Waals surface area contributed by atoms with Gasteiger partial charge in [-0.2, -0.15) is 0 Å². The van der Waals surface area contributed by atoms with Gasteiger partial charge in [-0.1, -0.05) is 19.9 Å². The Morgan fingerprint density at radius 3 is 1.96 bits per heavy atom. The normalized spacial score (nSPS) is 13.1. The molecule has 0 spiro atoms. The number of rotatable bonds is 9. The van der Waals surface area contributed by atoms with Gasteiger partial charge in [-0.05, 0) is 56.5 Å². The summed E-state index contributed by atoms with van der Waals surface area (Å²) in [6.07, 6.45) is -0.682. The third-order valence-electron chi connectivity index (χ3n) is 4.40. The van der Waals surface area contributed by atoms with Crippen LogP contribution in [0, 0.1) is 6.92 Å². The molecule has 0 saturated carbocycles. The highest BCUT2D eigenvalue weighted by Gasteiger charge is 2.18. The zero-order valence-electron chi connectivity index (χ0n) is 17.7. The topological polar surface area (TPSA) is 69.2 Å². The number of hydrogen-bond acceptors (Lipinski definition) is 6. The fourth-order valence-electron chi connectivity index (χ4n) is 2.94. The summed E-state index contributed by atoms with van der Waals surface area (Å²) in [6, 6.07) is 9.10. The molecule has 2 aromatic carbocycles. The Labute approximate surface area is 167 Å². The molecule has 0 saturated heterocycles. The summed E-state index contributed by atoms with van der Waals surface area (Å²) in [5.41, 5.74) is 1.73. The summed E-state index contributed by atoms with van der Waals surface area (Å²) in [4.78, 5) is 0. The second kappa shape index (κ2) is 9.55. The van der Waals surface area contributed by atoms with Gasteiger partial charge < -0.3 is 24.1 Å². The largest absolute Gasteiger partial charge is 0.508 e. The van der Waals surface area contributed by atoms with Gasteiger partial charge in [-0.25, -0.2) is 5.32 Å². The molecule has 0 aromatic heterocycles. The maximum Gasteiger partial charge on any atom is 0.205 e. The molecule has 28 heavy (non-hydrogen) atoms. The van der Waals surface area contributed by atoms with Crippen LogP contribution in [0.1, 0.15) is 44.7 Å². The Kier molecular flexibility index (Phi) is 7.40. The highest BCUT2D eigenvalue weighted by Crippen LogP contribution is 2.37. The highest BCUT2D eigenvalue weighted by molar-refractivity contribution is 5.51. The second-order valence-corrected chi connectivity index (χ2v) is 7.01. The lowest BCUT2D eigenvalue weighted by molar-refractivity contribution is 0.0869. The molecule has 0 aliphatic heterocycles. The first kappa shape index (κ1) is 21.7. The summed E-state index contributed by atoms with van der Waals surface area (Å²) in [7, 11) is 3.18. The third-order valence-corrected chi connectivity index (χ3v) is 4.40. The van der Waals surface area contributed by atoms with E-state index in [1.54, 1.807) is 20.3 Å². The molecule has 0 heterocycles. The van der Waals surface area contributed by atoms with Gasteiger partial charge in [0.15, 0.2) is 17.7 Å². The summed E-state index contributed by atoms with van der Waals surface area (Å²) in [6.45, 7) is 9.77. The fourth-order valence-corrected chi connectivity index (χ4v) is 2.94. The molecule has 2 unspecified atom stereocenters. The minimum absolute atomic E-state index is 0.222. The van der Waals surface area contributed by atoms with Crippen molar-refractivity contribution in [1.29, 1.82) is 0 Å². The third kappa shape index (κ3) is 5.23. The van der Waals surface area contributed by atoms with Crippen molar-refractivity contribution in [2.75, 3.05) is 14.2 Å². The van der Waals surface area contributed by atoms with Crippen LogP contribution in [0.4, 0.5) is 0 Å². The van der Waals surface area contributed by atoms with Crippen molar-refractivity contribution < 1.29 is 24.1 Å². The number of phenolic OH excluding ortho intramolecular Hbond substituents is 1. The van der Waals surface area contributed by atoms with Crippen LogP contribution in [0.25, 0.3) is 0 Å². The first-order valence-corrected chi connectivity index (χ1v) is 9.40. The molecule has 2 rings (SSSR count). The molecule has 0 aliphatic carbocycles. The van der Waals surface area contributed by atoms with Gasteiger partial charge in [0.05, 0.1) is 14.2 Å². The molecule has 2 aromatic rings. The maximum absolute atomic E-state index is 10.0. The Bertz CT molecular complexity index is 768. The van der Waals surface area contributed by atoms with E-state index >= 15 is 0 Å². The predicted octanol–water partition coefficient (Wildman–Crippen LogP) is 4.58. The first-order chi connectivity index (χ1) is 13.3. The molecule has 0 fully saturated rings. The molecule has 0 bridgehead atoms. The molecule has 6 heteroatoms. The average molecular weight is 389 g/mol. The highest BCUT2D eigenvalue weighted by atomic mass is 16.6. The molecule has 0 amide bonds. The molecule has 0 radical (unpaired) electrons. The number of methoxy groups -OCH3 is 2. The van der Waals surface area contributed by atoms with Gasteiger partial charge in [0, 0.05) is 5.56 Å². The summed E-state index contributed by atoms with van der Waals surface area (Å²) < 4.78 is 22.8. The Morgan fingerprint density at radius 1 is 0.857 bits per heavy atom. The number of benzene rings is 2. The zero-order chi connectivity index (χ0) is 20.8. The smallest absolute Gasteiger partial charge is 0.205 e. The lowest BCUT2D eigenvalue weighted by Crippen LogP contribution is -2.41. The summed E-state index contributed by atoms with van der Waals surface area (Å²) in [5.74, 6) is 2.96. The number of aryl methyl sites for hydroxylation is 1. The van der Waals surface area contributed by atoms with Crippen molar-refractivity contribution in [2.24, 2.45) is 0 Å². The number of hydrogen-bond donors (Lipinski definition) is 2. The van der Waals surface area contributed by atoms with Crippen molar-refractivity contribution in [1.82, 2.24) is 5.32 Å². The standard InChI is InChI=1S/C22H31NO5/c1-13(2)17-12-18(24)14(3)11-21(17)27-15(4)23-16(5)28-22-19(25-6)9-8-10-20(22)26-7/h8-13,15-16,23-24H,1-7H3. The molecule has 2 N–H and O–H groups in total. The zero-order valence-corrected chi connectivity index (χ0v) is 17.7. The van der Waals surface area contributed by atoms with Crippen molar-refractivity contribution in [3.05, 3.63) is 41.5 Å². The van der Waals surface area contributed by atoms with E-state index in [0.29, 0.717) is 17.2 Å². The van der Waals surface area contributed by atoms with Crippen LogP contribution in [0.5, 0.6) is 28.7 Å². The van der Waals surface area contributed by atoms with Crippen LogP contribution in [-0.2, 0) is 0 Å². The van der Waals surface area contributed by atoms with Crippen LogP contribution in [0.3, 0.4) is 0 Å².